The van der Waals surface area contributed by atoms with E-state index in [1.54, 1.807) is 6.92 Å². The Bertz CT molecular complexity index is 347. The summed E-state index contributed by atoms with van der Waals surface area (Å²) in [4.78, 5) is 3.98. The third-order valence-electron chi connectivity index (χ3n) is 1.82. The van der Waals surface area contributed by atoms with Crippen LogP contribution in [-0.4, -0.2) is 23.7 Å². The predicted molar refractivity (Wildman–Crippen MR) is 63.0 cm³/mol. The molecule has 0 aliphatic rings. The normalized spacial score (nSPS) is 13.7. The number of hydrogen-bond acceptors (Lipinski definition) is 2. The number of nitrogens with zero attached hydrogens (tertiary/aromatic N) is 1. The van der Waals surface area contributed by atoms with Gasteiger partial charge in [-0.3, -0.25) is 4.99 Å². The summed E-state index contributed by atoms with van der Waals surface area (Å²) < 4.78 is 0. The van der Waals surface area contributed by atoms with Crippen LogP contribution in [0.1, 0.15) is 12.5 Å². The Morgan fingerprint density at radius 1 is 1.60 bits per heavy atom. The highest BCUT2D eigenvalue weighted by atomic mass is 16.3. The summed E-state index contributed by atoms with van der Waals surface area (Å²) >= 11 is 0. The minimum atomic E-state index is -0.470. The number of hydrogen-bond donors (Lipinski definition) is 3. The SMILES string of the molecule is Cc1cccc(NC(N)=NCC(C)O)c1. The number of aryl methyl sites for hydroxylation is 1. The highest BCUT2D eigenvalue weighted by molar-refractivity contribution is 5.92. The summed E-state index contributed by atoms with van der Waals surface area (Å²) in [5.74, 6) is 0.321. The number of aliphatic imine (C=N–C) groups is 1. The zero-order valence-electron chi connectivity index (χ0n) is 9.07. The number of anilines is 1. The molecular formula is C11H17N3O. The van der Waals surface area contributed by atoms with Crippen molar-refractivity contribution in [3.63, 3.8) is 0 Å². The van der Waals surface area contributed by atoms with Crippen molar-refractivity contribution in [3.05, 3.63) is 29.8 Å². The van der Waals surface area contributed by atoms with Crippen molar-refractivity contribution in [2.75, 3.05) is 11.9 Å². The highest BCUT2D eigenvalue weighted by Crippen LogP contribution is 2.08. The van der Waals surface area contributed by atoms with Gasteiger partial charge in [0.15, 0.2) is 5.96 Å². The summed E-state index contributed by atoms with van der Waals surface area (Å²) in [7, 11) is 0. The second kappa shape index (κ2) is 5.36. The van der Waals surface area contributed by atoms with Gasteiger partial charge in [-0.05, 0) is 31.5 Å². The zero-order valence-corrected chi connectivity index (χ0v) is 9.07. The fraction of sp³-hybridized carbons (Fsp3) is 0.364. The van der Waals surface area contributed by atoms with Gasteiger partial charge in [-0.2, -0.15) is 0 Å². The van der Waals surface area contributed by atoms with Gasteiger partial charge in [-0.15, -0.1) is 0 Å². The third kappa shape index (κ3) is 4.46. The minimum Gasteiger partial charge on any atom is -0.391 e. The maximum atomic E-state index is 9.02. The number of rotatable bonds is 3. The molecular weight excluding hydrogens is 190 g/mol. The van der Waals surface area contributed by atoms with Crippen LogP contribution in [0.4, 0.5) is 5.69 Å². The van der Waals surface area contributed by atoms with Gasteiger partial charge >= 0.3 is 0 Å². The fourth-order valence-corrected chi connectivity index (χ4v) is 1.14. The third-order valence-corrected chi connectivity index (χ3v) is 1.82. The van der Waals surface area contributed by atoms with Crippen molar-refractivity contribution >= 4 is 11.6 Å². The van der Waals surface area contributed by atoms with Crippen molar-refractivity contribution in [3.8, 4) is 0 Å². The molecule has 82 valence electrons. The molecule has 0 bridgehead atoms. The Labute approximate surface area is 89.8 Å². The standard InChI is InChI=1S/C11H17N3O/c1-8-4-3-5-10(6-8)14-11(12)13-7-9(2)15/h3-6,9,15H,7H2,1-2H3,(H3,12,13,14). The maximum absolute atomic E-state index is 9.02. The van der Waals surface area contributed by atoms with Gasteiger partial charge in [-0.25, -0.2) is 0 Å². The van der Waals surface area contributed by atoms with E-state index in [1.807, 2.05) is 31.2 Å². The number of aliphatic hydroxyl groups is 1. The topological polar surface area (TPSA) is 70.6 Å². The van der Waals surface area contributed by atoms with E-state index in [0.29, 0.717) is 12.5 Å². The molecule has 1 unspecified atom stereocenters. The molecule has 1 atom stereocenters. The van der Waals surface area contributed by atoms with Crippen molar-refractivity contribution in [2.45, 2.75) is 20.0 Å². The van der Waals surface area contributed by atoms with E-state index in [2.05, 4.69) is 10.3 Å². The van der Waals surface area contributed by atoms with E-state index in [0.717, 1.165) is 11.3 Å². The van der Waals surface area contributed by atoms with Crippen LogP contribution in [0.2, 0.25) is 0 Å². The first-order valence-electron chi connectivity index (χ1n) is 4.89. The van der Waals surface area contributed by atoms with Crippen LogP contribution in [0.15, 0.2) is 29.3 Å². The molecule has 4 N–H and O–H groups in total. The summed E-state index contributed by atoms with van der Waals surface area (Å²) in [5, 5.41) is 12.0. The monoisotopic (exact) mass is 207 g/mol. The van der Waals surface area contributed by atoms with Crippen LogP contribution in [0.5, 0.6) is 0 Å². The number of nitrogens with one attached hydrogen (secondary N) is 1. The van der Waals surface area contributed by atoms with Crippen molar-refractivity contribution in [2.24, 2.45) is 10.7 Å². The molecule has 4 heteroatoms. The lowest BCUT2D eigenvalue weighted by atomic mass is 10.2. The molecule has 0 aromatic heterocycles. The van der Waals surface area contributed by atoms with Gasteiger partial charge in [0.25, 0.3) is 0 Å². The molecule has 0 aliphatic heterocycles. The average Bonchev–Trinajstić information content (AvgIpc) is 2.15. The van der Waals surface area contributed by atoms with Gasteiger partial charge in [0.1, 0.15) is 0 Å². The molecule has 0 radical (unpaired) electrons. The van der Waals surface area contributed by atoms with Crippen LogP contribution < -0.4 is 11.1 Å². The van der Waals surface area contributed by atoms with Gasteiger partial charge in [-0.1, -0.05) is 12.1 Å². The molecule has 1 aromatic rings. The number of nitrogens with two attached hydrogens (primary N) is 1. The summed E-state index contributed by atoms with van der Waals surface area (Å²) in [6, 6.07) is 7.84. The smallest absolute Gasteiger partial charge is 0.193 e. The molecule has 1 rings (SSSR count). The lowest BCUT2D eigenvalue weighted by Crippen LogP contribution is -2.24. The predicted octanol–water partition coefficient (Wildman–Crippen LogP) is 1.10. The van der Waals surface area contributed by atoms with Crippen molar-refractivity contribution in [1.29, 1.82) is 0 Å². The second-order valence-corrected chi connectivity index (χ2v) is 3.57. The second-order valence-electron chi connectivity index (χ2n) is 3.57. The van der Waals surface area contributed by atoms with Crippen molar-refractivity contribution in [1.82, 2.24) is 0 Å². The van der Waals surface area contributed by atoms with Crippen LogP contribution in [0.3, 0.4) is 0 Å². The average molecular weight is 207 g/mol. The molecule has 1 aromatic carbocycles. The molecule has 15 heavy (non-hydrogen) atoms. The molecule has 0 saturated carbocycles. The van der Waals surface area contributed by atoms with Crippen LogP contribution >= 0.6 is 0 Å². The molecule has 4 nitrogen and oxygen atoms in total. The van der Waals surface area contributed by atoms with Gasteiger partial charge in [0, 0.05) is 5.69 Å². The van der Waals surface area contributed by atoms with E-state index >= 15 is 0 Å². The lowest BCUT2D eigenvalue weighted by Gasteiger charge is -2.06. The number of aliphatic hydroxyl groups excluding tert-OH is 1. The van der Waals surface area contributed by atoms with E-state index in [4.69, 9.17) is 10.8 Å². The minimum absolute atomic E-state index is 0.310. The Kier molecular flexibility index (Phi) is 4.12. The maximum Gasteiger partial charge on any atom is 0.193 e. The molecule has 0 spiro atoms. The molecule has 0 amide bonds. The first-order valence-corrected chi connectivity index (χ1v) is 4.89. The summed E-state index contributed by atoms with van der Waals surface area (Å²) in [6.45, 7) is 3.99. The van der Waals surface area contributed by atoms with E-state index in [9.17, 15) is 0 Å². The zero-order chi connectivity index (χ0) is 11.3. The number of benzene rings is 1. The highest BCUT2D eigenvalue weighted by Gasteiger charge is 1.96. The molecule has 0 saturated heterocycles. The van der Waals surface area contributed by atoms with E-state index in [-0.39, 0.29) is 0 Å². The Hall–Kier alpha value is -1.55. The Morgan fingerprint density at radius 2 is 2.33 bits per heavy atom. The molecule has 0 heterocycles. The van der Waals surface area contributed by atoms with Gasteiger partial charge in [0.05, 0.1) is 12.6 Å². The van der Waals surface area contributed by atoms with Crippen LogP contribution in [0, 0.1) is 6.92 Å². The summed E-state index contributed by atoms with van der Waals surface area (Å²) in [6.07, 6.45) is -0.470. The van der Waals surface area contributed by atoms with Gasteiger partial charge < -0.3 is 16.2 Å². The van der Waals surface area contributed by atoms with Crippen molar-refractivity contribution < 1.29 is 5.11 Å². The lowest BCUT2D eigenvalue weighted by molar-refractivity contribution is 0.204. The van der Waals surface area contributed by atoms with E-state index < -0.39 is 6.10 Å². The molecule has 0 aliphatic carbocycles. The van der Waals surface area contributed by atoms with Crippen LogP contribution in [0.25, 0.3) is 0 Å². The first kappa shape index (κ1) is 11.5. The van der Waals surface area contributed by atoms with E-state index in [1.165, 1.54) is 0 Å². The van der Waals surface area contributed by atoms with Gasteiger partial charge in [0.2, 0.25) is 0 Å². The number of guanidine groups is 1. The largest absolute Gasteiger partial charge is 0.391 e. The Morgan fingerprint density at radius 3 is 2.93 bits per heavy atom. The fourth-order valence-electron chi connectivity index (χ4n) is 1.14. The molecule has 0 fully saturated rings. The first-order chi connectivity index (χ1) is 7.08. The van der Waals surface area contributed by atoms with Crippen LogP contribution in [-0.2, 0) is 0 Å². The Balaban J connectivity index is 2.58. The quantitative estimate of drug-likeness (QED) is 0.513. The summed E-state index contributed by atoms with van der Waals surface area (Å²) in [5.41, 5.74) is 7.69.